The minimum absolute atomic E-state index is 0.0516. The molecule has 0 bridgehead atoms. The van der Waals surface area contributed by atoms with Crippen LogP contribution in [0.25, 0.3) is 0 Å². The molecule has 0 saturated carbocycles. The number of hydrogen-bond donors (Lipinski definition) is 0. The molecular weight excluding hydrogens is 801 g/mol. The Morgan fingerprint density at radius 2 is 0.635 bits per heavy atom. The van der Waals surface area contributed by atoms with Crippen LogP contribution in [0.5, 0.6) is 0 Å². The number of carbonyl (C=O) groups is 1. The van der Waals surface area contributed by atoms with Crippen LogP contribution in [0.3, 0.4) is 0 Å². The Labute approximate surface area is 398 Å². The summed E-state index contributed by atoms with van der Waals surface area (Å²) in [4.78, 5) is 12.8. The molecule has 0 aromatic heterocycles. The SMILES string of the molecule is CCCCCCCCCCCCOC[C@H]1O[C@@H](SC(C)=O)[C@H](OCCCCCCCCCCCC)[C@@H](OCCCCCCCCCCCC)[C@H]1OCCCCCCCCCCCC. The largest absolute Gasteiger partial charge is 0.379 e. The first kappa shape index (κ1) is 60.8. The van der Waals surface area contributed by atoms with E-state index in [1.54, 1.807) is 6.92 Å². The average molecular weight is 912 g/mol. The number of unbranched alkanes of at least 4 members (excludes halogenated alkanes) is 36. The van der Waals surface area contributed by atoms with E-state index in [1.807, 2.05) is 0 Å². The van der Waals surface area contributed by atoms with Gasteiger partial charge in [-0.2, -0.15) is 0 Å². The molecule has 0 aromatic rings. The van der Waals surface area contributed by atoms with Crippen molar-refractivity contribution in [3.63, 3.8) is 0 Å². The molecular formula is C56H110O6S. The van der Waals surface area contributed by atoms with Gasteiger partial charge in [-0.1, -0.05) is 271 Å². The van der Waals surface area contributed by atoms with Crippen LogP contribution in [0.4, 0.5) is 0 Å². The van der Waals surface area contributed by atoms with Gasteiger partial charge in [0.25, 0.3) is 0 Å². The van der Waals surface area contributed by atoms with E-state index in [9.17, 15) is 4.79 Å². The Morgan fingerprint density at radius 1 is 0.365 bits per heavy atom. The standard InChI is InChI=1S/C56H110O6S/c1-6-10-14-18-22-26-30-34-38-42-46-58-50-52-53(59-47-43-39-35-31-27-23-19-15-11-7-2)54(60-48-44-40-36-32-28-24-20-16-12-8-3)55(56(62-52)63-51(5)57)61-49-45-41-37-33-29-25-21-17-13-9-4/h52-56H,6-50H2,1-5H3/t52-,53+,54+,55-,56+/m1/s1. The van der Waals surface area contributed by atoms with E-state index in [0.29, 0.717) is 26.4 Å². The summed E-state index contributed by atoms with van der Waals surface area (Å²) in [5.41, 5.74) is -0.438. The van der Waals surface area contributed by atoms with E-state index >= 15 is 0 Å². The lowest BCUT2D eigenvalue weighted by atomic mass is 9.99. The third-order valence-electron chi connectivity index (χ3n) is 13.2. The van der Waals surface area contributed by atoms with Crippen molar-refractivity contribution in [2.75, 3.05) is 33.0 Å². The second-order valence-electron chi connectivity index (χ2n) is 19.5. The number of rotatable bonds is 50. The highest BCUT2D eigenvalue weighted by atomic mass is 32.2. The van der Waals surface area contributed by atoms with Gasteiger partial charge in [0, 0.05) is 33.4 Å². The maximum absolute atomic E-state index is 12.8. The predicted octanol–water partition coefficient (Wildman–Crippen LogP) is 17.8. The second kappa shape index (κ2) is 48.3. The molecule has 0 spiro atoms. The van der Waals surface area contributed by atoms with Crippen LogP contribution < -0.4 is 0 Å². The Balaban J connectivity index is 2.93. The van der Waals surface area contributed by atoms with Gasteiger partial charge < -0.3 is 23.7 Å². The molecule has 0 radical (unpaired) electrons. The smallest absolute Gasteiger partial charge is 0.188 e. The van der Waals surface area contributed by atoms with E-state index in [2.05, 4.69) is 27.7 Å². The fourth-order valence-corrected chi connectivity index (χ4v) is 10.0. The van der Waals surface area contributed by atoms with Crippen LogP contribution in [-0.2, 0) is 28.5 Å². The van der Waals surface area contributed by atoms with Crippen molar-refractivity contribution in [1.29, 1.82) is 0 Å². The first-order valence-electron chi connectivity index (χ1n) is 28.3. The third-order valence-corrected chi connectivity index (χ3v) is 14.2. The molecule has 1 saturated heterocycles. The normalized spacial score (nSPS) is 19.0. The summed E-state index contributed by atoms with van der Waals surface area (Å²) < 4.78 is 33.8. The molecule has 376 valence electrons. The molecule has 0 aromatic carbocycles. The van der Waals surface area contributed by atoms with Gasteiger partial charge in [0.1, 0.15) is 29.9 Å². The minimum Gasteiger partial charge on any atom is -0.379 e. The molecule has 0 unspecified atom stereocenters. The van der Waals surface area contributed by atoms with E-state index in [0.717, 1.165) is 32.3 Å². The molecule has 6 nitrogen and oxygen atoms in total. The first-order valence-corrected chi connectivity index (χ1v) is 29.2. The first-order chi connectivity index (χ1) is 31.1. The zero-order valence-electron chi connectivity index (χ0n) is 43.1. The van der Waals surface area contributed by atoms with Crippen molar-refractivity contribution >= 4 is 16.9 Å². The van der Waals surface area contributed by atoms with Crippen molar-refractivity contribution < 1.29 is 28.5 Å². The maximum atomic E-state index is 12.8. The quantitative estimate of drug-likeness (QED) is 0.0563. The van der Waals surface area contributed by atoms with Crippen LogP contribution in [0.15, 0.2) is 0 Å². The molecule has 0 amide bonds. The Morgan fingerprint density at radius 3 is 0.952 bits per heavy atom. The molecule has 7 heteroatoms. The van der Waals surface area contributed by atoms with Gasteiger partial charge >= 0.3 is 0 Å². The average Bonchev–Trinajstić information content (AvgIpc) is 3.27. The summed E-state index contributed by atoms with van der Waals surface area (Å²) in [6, 6.07) is 0. The zero-order valence-corrected chi connectivity index (χ0v) is 43.9. The topological polar surface area (TPSA) is 63.2 Å². The monoisotopic (exact) mass is 911 g/mol. The molecule has 1 aliphatic rings. The molecule has 1 fully saturated rings. The van der Waals surface area contributed by atoms with Crippen molar-refractivity contribution in [2.45, 2.75) is 321 Å². The third kappa shape index (κ3) is 37.5. The van der Waals surface area contributed by atoms with E-state index in [1.165, 1.54) is 243 Å². The zero-order chi connectivity index (χ0) is 45.5. The lowest BCUT2D eigenvalue weighted by molar-refractivity contribution is -0.247. The molecule has 0 aliphatic carbocycles. The van der Waals surface area contributed by atoms with E-state index in [-0.39, 0.29) is 29.5 Å². The number of carbonyl (C=O) groups excluding carboxylic acids is 1. The van der Waals surface area contributed by atoms with Crippen LogP contribution in [0.1, 0.15) is 291 Å². The van der Waals surface area contributed by atoms with Gasteiger partial charge in [0.15, 0.2) is 5.12 Å². The molecule has 1 aliphatic heterocycles. The van der Waals surface area contributed by atoms with Gasteiger partial charge in [0.2, 0.25) is 0 Å². The maximum Gasteiger partial charge on any atom is 0.188 e. The van der Waals surface area contributed by atoms with Gasteiger partial charge in [-0.3, -0.25) is 4.79 Å². The Hall–Kier alpha value is -0.180. The van der Waals surface area contributed by atoms with Crippen molar-refractivity contribution in [1.82, 2.24) is 0 Å². The van der Waals surface area contributed by atoms with Gasteiger partial charge in [-0.05, 0) is 25.7 Å². The summed E-state index contributed by atoms with van der Waals surface area (Å²) in [6.07, 6.45) is 50.7. The molecule has 1 rings (SSSR count). The van der Waals surface area contributed by atoms with Crippen LogP contribution in [-0.4, -0.2) is 68.0 Å². The second-order valence-corrected chi connectivity index (χ2v) is 20.7. The molecule has 5 atom stereocenters. The summed E-state index contributed by atoms with van der Waals surface area (Å²) in [6.45, 7) is 14.0. The predicted molar refractivity (Wildman–Crippen MR) is 274 cm³/mol. The van der Waals surface area contributed by atoms with Crippen LogP contribution in [0.2, 0.25) is 0 Å². The van der Waals surface area contributed by atoms with Crippen molar-refractivity contribution in [2.24, 2.45) is 0 Å². The highest BCUT2D eigenvalue weighted by molar-refractivity contribution is 8.14. The van der Waals surface area contributed by atoms with Crippen LogP contribution in [0, 0.1) is 0 Å². The molecule has 1 heterocycles. The minimum atomic E-state index is -0.438. The highest BCUT2D eigenvalue weighted by Crippen LogP contribution is 2.35. The summed E-state index contributed by atoms with van der Waals surface area (Å²) >= 11 is 1.26. The number of thioether (sulfide) groups is 1. The fourth-order valence-electron chi connectivity index (χ4n) is 9.16. The fraction of sp³-hybridized carbons (Fsp3) is 0.982. The summed E-state index contributed by atoms with van der Waals surface area (Å²) in [7, 11) is 0. The van der Waals surface area contributed by atoms with Gasteiger partial charge in [-0.25, -0.2) is 0 Å². The summed E-state index contributed by atoms with van der Waals surface area (Å²) in [5, 5.41) is 0.0516. The van der Waals surface area contributed by atoms with Crippen molar-refractivity contribution in [3.05, 3.63) is 0 Å². The number of hydrogen-bond acceptors (Lipinski definition) is 7. The van der Waals surface area contributed by atoms with E-state index in [4.69, 9.17) is 23.7 Å². The van der Waals surface area contributed by atoms with E-state index < -0.39 is 5.44 Å². The lowest BCUT2D eigenvalue weighted by Crippen LogP contribution is -2.60. The van der Waals surface area contributed by atoms with Crippen molar-refractivity contribution in [3.8, 4) is 0 Å². The molecule has 63 heavy (non-hydrogen) atoms. The van der Waals surface area contributed by atoms with Gasteiger partial charge in [-0.15, -0.1) is 0 Å². The Bertz CT molecular complexity index is 920. The highest BCUT2D eigenvalue weighted by Gasteiger charge is 2.49. The molecule has 0 N–H and O–H groups in total. The lowest BCUT2D eigenvalue weighted by Gasteiger charge is -2.45. The Kier molecular flexibility index (Phi) is 46.6. The summed E-state index contributed by atoms with van der Waals surface area (Å²) in [5.74, 6) is 0. The number of ether oxygens (including phenoxy) is 5. The van der Waals surface area contributed by atoms with Crippen LogP contribution >= 0.6 is 11.8 Å². The van der Waals surface area contributed by atoms with Gasteiger partial charge in [0.05, 0.1) is 6.61 Å².